The summed E-state index contributed by atoms with van der Waals surface area (Å²) in [6, 6.07) is 11.6. The maximum Gasteiger partial charge on any atom is 0.101 e. The monoisotopic (exact) mass is 243 g/mol. The molecule has 1 aliphatic heterocycles. The largest absolute Gasteiger partial charge is 0.369 e. The van der Waals surface area contributed by atoms with Crippen LogP contribution in [0.1, 0.15) is 24.8 Å². The zero-order valence-corrected chi connectivity index (χ0v) is 10.7. The highest BCUT2D eigenvalue weighted by Crippen LogP contribution is 2.29. The van der Waals surface area contributed by atoms with Gasteiger partial charge in [0.1, 0.15) is 5.84 Å². The lowest BCUT2D eigenvalue weighted by Crippen LogP contribution is -2.41. The molecule has 0 radical (unpaired) electrons. The molecule has 0 amide bonds. The minimum Gasteiger partial charge on any atom is -0.369 e. The molecule has 18 heavy (non-hydrogen) atoms. The Morgan fingerprint density at radius 2 is 2.06 bits per heavy atom. The van der Waals surface area contributed by atoms with E-state index in [0.717, 1.165) is 18.8 Å². The first kappa shape index (κ1) is 11.7. The van der Waals surface area contributed by atoms with Crippen LogP contribution >= 0.6 is 0 Å². The molecule has 3 heteroatoms. The predicted molar refractivity (Wildman–Crippen MR) is 74.7 cm³/mol. The van der Waals surface area contributed by atoms with E-state index in [1.807, 2.05) is 0 Å². The summed E-state index contributed by atoms with van der Waals surface area (Å²) < 4.78 is 0. The Labute approximate surface area is 108 Å². The number of aliphatic imine (C=N–C) groups is 1. The molecule has 1 aliphatic carbocycles. The van der Waals surface area contributed by atoms with Gasteiger partial charge in [-0.05, 0) is 37.3 Å². The third-order valence-electron chi connectivity index (χ3n) is 4.14. The highest BCUT2D eigenvalue weighted by atomic mass is 15.1. The molecule has 1 fully saturated rings. The van der Waals surface area contributed by atoms with Crippen LogP contribution in [0.2, 0.25) is 0 Å². The van der Waals surface area contributed by atoms with E-state index in [1.54, 1.807) is 0 Å². The molecular weight excluding hydrogens is 222 g/mol. The number of hydrogen-bond donors (Lipinski definition) is 2. The number of hydrogen-bond acceptors (Lipinski definition) is 3. The van der Waals surface area contributed by atoms with E-state index < -0.39 is 0 Å². The van der Waals surface area contributed by atoms with Gasteiger partial charge in [-0.2, -0.15) is 0 Å². The second kappa shape index (κ2) is 5.11. The molecule has 3 nitrogen and oxygen atoms in total. The van der Waals surface area contributed by atoms with Gasteiger partial charge in [0.2, 0.25) is 0 Å². The van der Waals surface area contributed by atoms with Crippen molar-refractivity contribution in [3.63, 3.8) is 0 Å². The average molecular weight is 243 g/mol. The van der Waals surface area contributed by atoms with Gasteiger partial charge in [0, 0.05) is 12.5 Å². The maximum absolute atomic E-state index is 5.78. The summed E-state index contributed by atoms with van der Waals surface area (Å²) in [4.78, 5) is 4.84. The first-order valence-electron chi connectivity index (χ1n) is 6.92. The lowest BCUT2D eigenvalue weighted by Gasteiger charge is -2.29. The van der Waals surface area contributed by atoms with E-state index in [1.165, 1.54) is 24.8 Å². The van der Waals surface area contributed by atoms with Crippen molar-refractivity contribution in [2.45, 2.75) is 37.8 Å². The van der Waals surface area contributed by atoms with Gasteiger partial charge in [0.15, 0.2) is 0 Å². The minimum atomic E-state index is 0.492. The summed E-state index contributed by atoms with van der Waals surface area (Å²) in [5.74, 6) is 1.85. The van der Waals surface area contributed by atoms with Gasteiger partial charge in [0.05, 0.1) is 6.04 Å². The number of benzene rings is 1. The van der Waals surface area contributed by atoms with E-state index in [0.29, 0.717) is 18.0 Å². The molecular formula is C15H21N3. The van der Waals surface area contributed by atoms with Crippen LogP contribution in [-0.4, -0.2) is 24.5 Å². The van der Waals surface area contributed by atoms with Crippen molar-refractivity contribution < 1.29 is 0 Å². The van der Waals surface area contributed by atoms with Gasteiger partial charge < -0.3 is 11.1 Å². The van der Waals surface area contributed by atoms with Crippen LogP contribution in [0.15, 0.2) is 35.3 Å². The Kier molecular flexibility index (Phi) is 3.33. The van der Waals surface area contributed by atoms with E-state index >= 15 is 0 Å². The number of fused-ring (bicyclic) bond motifs is 1. The SMILES string of the molecule is NCC1CCC2N=C(Cc3ccccc3)NC2C1. The van der Waals surface area contributed by atoms with E-state index in [2.05, 4.69) is 35.6 Å². The van der Waals surface area contributed by atoms with Crippen molar-refractivity contribution in [1.82, 2.24) is 5.32 Å². The molecule has 1 aromatic carbocycles. The van der Waals surface area contributed by atoms with Crippen LogP contribution in [0.4, 0.5) is 0 Å². The molecule has 1 aromatic rings. The fraction of sp³-hybridized carbons (Fsp3) is 0.533. The van der Waals surface area contributed by atoms with Crippen LogP contribution in [0.3, 0.4) is 0 Å². The van der Waals surface area contributed by atoms with Crippen LogP contribution in [0, 0.1) is 5.92 Å². The predicted octanol–water partition coefficient (Wildman–Crippen LogP) is 1.73. The molecule has 0 aromatic heterocycles. The van der Waals surface area contributed by atoms with Crippen molar-refractivity contribution in [2.75, 3.05) is 6.54 Å². The van der Waals surface area contributed by atoms with E-state index in [-0.39, 0.29) is 0 Å². The molecule has 3 atom stereocenters. The zero-order chi connectivity index (χ0) is 12.4. The first-order chi connectivity index (χ1) is 8.85. The Hall–Kier alpha value is -1.35. The molecule has 3 rings (SSSR count). The number of nitrogens with zero attached hydrogens (tertiary/aromatic N) is 1. The summed E-state index contributed by atoms with van der Waals surface area (Å²) in [5.41, 5.74) is 7.11. The van der Waals surface area contributed by atoms with Crippen molar-refractivity contribution >= 4 is 5.84 Å². The van der Waals surface area contributed by atoms with Crippen molar-refractivity contribution in [3.05, 3.63) is 35.9 Å². The van der Waals surface area contributed by atoms with Crippen LogP contribution in [-0.2, 0) is 6.42 Å². The highest BCUT2D eigenvalue weighted by molar-refractivity contribution is 5.86. The standard InChI is InChI=1S/C15H21N3/c16-10-12-6-7-13-14(8-12)18-15(17-13)9-11-4-2-1-3-5-11/h1-5,12-14H,6-10,16H2,(H,17,18). The fourth-order valence-electron chi connectivity index (χ4n) is 3.10. The Bertz CT molecular complexity index is 427. The van der Waals surface area contributed by atoms with Crippen LogP contribution < -0.4 is 11.1 Å². The Balaban J connectivity index is 1.63. The maximum atomic E-state index is 5.78. The van der Waals surface area contributed by atoms with Crippen molar-refractivity contribution in [2.24, 2.45) is 16.6 Å². The molecule has 3 unspecified atom stereocenters. The quantitative estimate of drug-likeness (QED) is 0.849. The van der Waals surface area contributed by atoms with Gasteiger partial charge in [-0.3, -0.25) is 4.99 Å². The highest BCUT2D eigenvalue weighted by Gasteiger charge is 2.34. The van der Waals surface area contributed by atoms with E-state index in [9.17, 15) is 0 Å². The first-order valence-corrected chi connectivity index (χ1v) is 6.92. The van der Waals surface area contributed by atoms with E-state index in [4.69, 9.17) is 10.7 Å². The summed E-state index contributed by atoms with van der Waals surface area (Å²) in [6.45, 7) is 0.818. The van der Waals surface area contributed by atoms with Gasteiger partial charge >= 0.3 is 0 Å². The summed E-state index contributed by atoms with van der Waals surface area (Å²) in [5, 5.41) is 3.60. The van der Waals surface area contributed by atoms with Gasteiger partial charge in [-0.15, -0.1) is 0 Å². The second-order valence-electron chi connectivity index (χ2n) is 5.47. The number of rotatable bonds is 3. The lowest BCUT2D eigenvalue weighted by atomic mass is 9.83. The third kappa shape index (κ3) is 2.41. The zero-order valence-electron chi connectivity index (χ0n) is 10.7. The molecule has 0 bridgehead atoms. The van der Waals surface area contributed by atoms with Gasteiger partial charge in [-0.1, -0.05) is 30.3 Å². The van der Waals surface area contributed by atoms with Crippen molar-refractivity contribution in [1.29, 1.82) is 0 Å². The number of nitrogens with two attached hydrogens (primary N) is 1. The molecule has 1 saturated carbocycles. The van der Waals surface area contributed by atoms with Crippen molar-refractivity contribution in [3.8, 4) is 0 Å². The molecule has 2 aliphatic rings. The minimum absolute atomic E-state index is 0.492. The van der Waals surface area contributed by atoms with Gasteiger partial charge in [-0.25, -0.2) is 0 Å². The Morgan fingerprint density at radius 3 is 2.83 bits per heavy atom. The third-order valence-corrected chi connectivity index (χ3v) is 4.14. The summed E-state index contributed by atoms with van der Waals surface area (Å²) in [7, 11) is 0. The normalized spacial score (nSPS) is 30.5. The number of nitrogens with one attached hydrogen (secondary N) is 1. The Morgan fingerprint density at radius 1 is 1.22 bits per heavy atom. The fourth-order valence-corrected chi connectivity index (χ4v) is 3.10. The van der Waals surface area contributed by atoms with Gasteiger partial charge in [0.25, 0.3) is 0 Å². The average Bonchev–Trinajstić information content (AvgIpc) is 2.80. The summed E-state index contributed by atoms with van der Waals surface area (Å²) in [6.07, 6.45) is 4.55. The second-order valence-corrected chi connectivity index (χ2v) is 5.47. The molecule has 3 N–H and O–H groups in total. The van der Waals surface area contributed by atoms with Crippen LogP contribution in [0.25, 0.3) is 0 Å². The summed E-state index contributed by atoms with van der Waals surface area (Å²) >= 11 is 0. The number of amidine groups is 1. The smallest absolute Gasteiger partial charge is 0.101 e. The lowest BCUT2D eigenvalue weighted by molar-refractivity contribution is 0.294. The molecule has 1 heterocycles. The molecule has 0 spiro atoms. The topological polar surface area (TPSA) is 50.4 Å². The van der Waals surface area contributed by atoms with Crippen LogP contribution in [0.5, 0.6) is 0 Å². The molecule has 96 valence electrons. The molecule has 0 saturated heterocycles.